The summed E-state index contributed by atoms with van der Waals surface area (Å²) < 4.78 is 0. The Morgan fingerprint density at radius 2 is 1.90 bits per heavy atom. The van der Waals surface area contributed by atoms with Crippen LogP contribution in [0.25, 0.3) is 0 Å². The van der Waals surface area contributed by atoms with Crippen molar-refractivity contribution in [1.29, 1.82) is 0 Å². The molecule has 0 aromatic heterocycles. The topological polar surface area (TPSA) is 20.2 Å². The summed E-state index contributed by atoms with van der Waals surface area (Å²) in [6.45, 7) is 0.345. The molecule has 1 aliphatic rings. The Kier molecular flexibility index (Phi) is 2.77. The van der Waals surface area contributed by atoms with E-state index < -0.39 is 0 Å². The molecule has 0 spiro atoms. The van der Waals surface area contributed by atoms with E-state index >= 15 is 0 Å². The van der Waals surface area contributed by atoms with Gasteiger partial charge < -0.3 is 5.11 Å². The van der Waals surface area contributed by atoms with Gasteiger partial charge in [0, 0.05) is 12.5 Å². The molecular weight excluding hydrogens is 124 g/mol. The number of terminal acetylenes is 1. The molecule has 1 saturated carbocycles. The highest BCUT2D eigenvalue weighted by molar-refractivity contribution is 4.94. The molecule has 10 heavy (non-hydrogen) atoms. The zero-order valence-corrected chi connectivity index (χ0v) is 6.21. The van der Waals surface area contributed by atoms with Crippen molar-refractivity contribution in [3.05, 3.63) is 0 Å². The normalized spacial score (nSPS) is 33.2. The molecule has 0 radical (unpaired) electrons. The quantitative estimate of drug-likeness (QED) is 0.543. The van der Waals surface area contributed by atoms with Gasteiger partial charge in [0.15, 0.2) is 0 Å². The molecule has 1 N–H and O–H groups in total. The minimum Gasteiger partial charge on any atom is -0.396 e. The molecule has 0 unspecified atom stereocenters. The van der Waals surface area contributed by atoms with E-state index in [4.69, 9.17) is 11.5 Å². The minimum absolute atomic E-state index is 0.345. The van der Waals surface area contributed by atoms with Gasteiger partial charge in [-0.05, 0) is 31.6 Å². The minimum atomic E-state index is 0.345. The molecule has 1 aliphatic carbocycles. The van der Waals surface area contributed by atoms with Crippen molar-refractivity contribution < 1.29 is 5.11 Å². The summed E-state index contributed by atoms with van der Waals surface area (Å²) in [6, 6.07) is 0. The molecular formula is C9H14O. The fourth-order valence-electron chi connectivity index (χ4n) is 1.51. The predicted octanol–water partition coefficient (Wildman–Crippen LogP) is 1.42. The van der Waals surface area contributed by atoms with Gasteiger partial charge >= 0.3 is 0 Å². The number of aliphatic hydroxyl groups is 1. The smallest absolute Gasteiger partial charge is 0.0459 e. The van der Waals surface area contributed by atoms with Crippen molar-refractivity contribution >= 4 is 0 Å². The highest BCUT2D eigenvalue weighted by Gasteiger charge is 2.18. The van der Waals surface area contributed by atoms with Crippen LogP contribution in [0.4, 0.5) is 0 Å². The van der Waals surface area contributed by atoms with Crippen molar-refractivity contribution in [2.24, 2.45) is 11.8 Å². The van der Waals surface area contributed by atoms with Crippen molar-refractivity contribution in [3.63, 3.8) is 0 Å². The monoisotopic (exact) mass is 138 g/mol. The Hall–Kier alpha value is -0.480. The summed E-state index contributed by atoms with van der Waals surface area (Å²) in [5, 5.41) is 8.80. The first-order valence-electron chi connectivity index (χ1n) is 3.93. The van der Waals surface area contributed by atoms with Crippen LogP contribution in [0.1, 0.15) is 25.7 Å². The van der Waals surface area contributed by atoms with Crippen molar-refractivity contribution in [1.82, 2.24) is 0 Å². The molecule has 1 heteroatoms. The van der Waals surface area contributed by atoms with E-state index in [0.717, 1.165) is 25.7 Å². The van der Waals surface area contributed by atoms with Crippen LogP contribution in [-0.4, -0.2) is 11.7 Å². The van der Waals surface area contributed by atoms with Crippen LogP contribution in [-0.2, 0) is 0 Å². The molecule has 0 amide bonds. The molecule has 56 valence electrons. The lowest BCUT2D eigenvalue weighted by Gasteiger charge is -2.23. The van der Waals surface area contributed by atoms with Crippen molar-refractivity contribution in [2.75, 3.05) is 6.61 Å². The average molecular weight is 138 g/mol. The van der Waals surface area contributed by atoms with Gasteiger partial charge in [-0.3, -0.25) is 0 Å². The van der Waals surface area contributed by atoms with E-state index in [1.807, 2.05) is 0 Å². The third-order valence-corrected chi connectivity index (χ3v) is 2.34. The first-order chi connectivity index (χ1) is 4.86. The van der Waals surface area contributed by atoms with Gasteiger partial charge in [-0.15, -0.1) is 12.3 Å². The van der Waals surface area contributed by atoms with E-state index in [0.29, 0.717) is 18.4 Å². The number of hydrogen-bond donors (Lipinski definition) is 1. The van der Waals surface area contributed by atoms with Crippen LogP contribution in [0.5, 0.6) is 0 Å². The fraction of sp³-hybridized carbons (Fsp3) is 0.778. The molecule has 1 fully saturated rings. The van der Waals surface area contributed by atoms with Gasteiger partial charge in [0.2, 0.25) is 0 Å². The zero-order valence-electron chi connectivity index (χ0n) is 6.21. The molecule has 0 aromatic rings. The summed E-state index contributed by atoms with van der Waals surface area (Å²) in [5.74, 6) is 3.79. The second-order valence-corrected chi connectivity index (χ2v) is 3.07. The van der Waals surface area contributed by atoms with Crippen molar-refractivity contribution in [2.45, 2.75) is 25.7 Å². The molecule has 0 aromatic carbocycles. The average Bonchev–Trinajstić information content (AvgIpc) is 2.05. The summed E-state index contributed by atoms with van der Waals surface area (Å²) in [5.41, 5.74) is 0. The summed E-state index contributed by atoms with van der Waals surface area (Å²) >= 11 is 0. The maximum Gasteiger partial charge on any atom is 0.0459 e. The Morgan fingerprint density at radius 3 is 2.30 bits per heavy atom. The molecule has 0 bridgehead atoms. The van der Waals surface area contributed by atoms with E-state index in [2.05, 4.69) is 5.92 Å². The third-order valence-electron chi connectivity index (χ3n) is 2.34. The summed E-state index contributed by atoms with van der Waals surface area (Å²) in [4.78, 5) is 0. The SMILES string of the molecule is C#CC1CCC(CO)CC1. The van der Waals surface area contributed by atoms with Crippen molar-refractivity contribution in [3.8, 4) is 12.3 Å². The summed E-state index contributed by atoms with van der Waals surface area (Å²) in [7, 11) is 0. The van der Waals surface area contributed by atoms with Gasteiger partial charge in [-0.1, -0.05) is 0 Å². The Bertz CT molecular complexity index is 126. The maximum absolute atomic E-state index is 8.80. The molecule has 0 saturated heterocycles. The fourth-order valence-corrected chi connectivity index (χ4v) is 1.51. The van der Waals surface area contributed by atoms with Gasteiger partial charge in [-0.25, -0.2) is 0 Å². The van der Waals surface area contributed by atoms with E-state index in [-0.39, 0.29) is 0 Å². The van der Waals surface area contributed by atoms with E-state index in [1.54, 1.807) is 0 Å². The predicted molar refractivity (Wildman–Crippen MR) is 41.4 cm³/mol. The largest absolute Gasteiger partial charge is 0.396 e. The number of rotatable bonds is 1. The van der Waals surface area contributed by atoms with Crippen LogP contribution in [0.15, 0.2) is 0 Å². The first-order valence-corrected chi connectivity index (χ1v) is 3.93. The van der Waals surface area contributed by atoms with Crippen LogP contribution in [0.2, 0.25) is 0 Å². The van der Waals surface area contributed by atoms with E-state index in [9.17, 15) is 0 Å². The zero-order chi connectivity index (χ0) is 7.40. The van der Waals surface area contributed by atoms with Crippen LogP contribution in [0.3, 0.4) is 0 Å². The Labute approximate surface area is 62.4 Å². The van der Waals surface area contributed by atoms with Crippen LogP contribution >= 0.6 is 0 Å². The molecule has 1 rings (SSSR count). The van der Waals surface area contributed by atoms with Gasteiger partial charge in [-0.2, -0.15) is 0 Å². The highest BCUT2D eigenvalue weighted by Crippen LogP contribution is 2.27. The number of aliphatic hydroxyl groups excluding tert-OH is 1. The lowest BCUT2D eigenvalue weighted by Crippen LogP contribution is -2.15. The van der Waals surface area contributed by atoms with Crippen LogP contribution in [0, 0.1) is 24.2 Å². The Balaban J connectivity index is 2.25. The summed E-state index contributed by atoms with van der Waals surface area (Å²) in [6.07, 6.45) is 9.74. The standard InChI is InChI=1S/C9H14O/c1-2-8-3-5-9(7-10)6-4-8/h1,8-10H,3-7H2. The molecule has 0 aliphatic heterocycles. The first kappa shape index (κ1) is 7.63. The maximum atomic E-state index is 8.80. The third kappa shape index (κ3) is 1.75. The van der Waals surface area contributed by atoms with Crippen LogP contribution < -0.4 is 0 Å². The lowest BCUT2D eigenvalue weighted by molar-refractivity contribution is 0.179. The van der Waals surface area contributed by atoms with Gasteiger partial charge in [0.25, 0.3) is 0 Å². The second-order valence-electron chi connectivity index (χ2n) is 3.07. The van der Waals surface area contributed by atoms with E-state index in [1.165, 1.54) is 0 Å². The second kappa shape index (κ2) is 3.63. The highest BCUT2D eigenvalue weighted by atomic mass is 16.3. The van der Waals surface area contributed by atoms with Gasteiger partial charge in [0.05, 0.1) is 0 Å². The Morgan fingerprint density at radius 1 is 1.30 bits per heavy atom. The molecule has 0 heterocycles. The molecule has 1 nitrogen and oxygen atoms in total. The molecule has 0 atom stereocenters. The lowest BCUT2D eigenvalue weighted by atomic mass is 9.83. The number of hydrogen-bond acceptors (Lipinski definition) is 1. The van der Waals surface area contributed by atoms with Gasteiger partial charge in [0.1, 0.15) is 0 Å².